The quantitative estimate of drug-likeness (QED) is 0.672. The Labute approximate surface area is 90.9 Å². The number of sulfone groups is 1. The van der Waals surface area contributed by atoms with Crippen LogP contribution in [0.25, 0.3) is 0 Å². The minimum atomic E-state index is -2.82. The summed E-state index contributed by atoms with van der Waals surface area (Å²) in [5.41, 5.74) is 0. The highest BCUT2D eigenvalue weighted by Crippen LogP contribution is 2.04. The van der Waals surface area contributed by atoms with Crippen molar-refractivity contribution in [2.75, 3.05) is 44.4 Å². The Balaban J connectivity index is 2.23. The zero-order chi connectivity index (χ0) is 11.3. The van der Waals surface area contributed by atoms with E-state index in [1.54, 1.807) is 0 Å². The molecule has 1 N–H and O–H groups in total. The summed E-state index contributed by atoms with van der Waals surface area (Å²) in [5, 5.41) is 9.55. The molecule has 0 radical (unpaired) electrons. The first-order valence-electron chi connectivity index (χ1n) is 5.22. The van der Waals surface area contributed by atoms with Crippen LogP contribution in [0, 0.1) is 0 Å². The first-order chi connectivity index (χ1) is 7.03. The van der Waals surface area contributed by atoms with Crippen molar-refractivity contribution in [2.24, 2.45) is 0 Å². The van der Waals surface area contributed by atoms with E-state index in [9.17, 15) is 13.5 Å². The maximum Gasteiger partial charge on any atom is 0.152 e. The summed E-state index contributed by atoms with van der Waals surface area (Å²) in [6.07, 6.45) is -0.522. The van der Waals surface area contributed by atoms with Gasteiger partial charge in [-0.1, -0.05) is 0 Å². The second-order valence-corrected chi connectivity index (χ2v) is 6.07. The molecular weight excluding hydrogens is 218 g/mol. The average Bonchev–Trinajstić information content (AvgIpc) is 2.18. The molecule has 5 nitrogen and oxygen atoms in total. The number of hydrogen-bond donors (Lipinski definition) is 1. The Bertz CT molecular complexity index is 264. The largest absolute Gasteiger partial charge is 0.389 e. The summed E-state index contributed by atoms with van der Waals surface area (Å²) in [5.74, 6) is 0.405. The Hall–Kier alpha value is -0.170. The Kier molecular flexibility index (Phi) is 4.98. The number of nitrogens with zero attached hydrogens (tertiary/aromatic N) is 1. The maximum atomic E-state index is 11.1. The molecule has 15 heavy (non-hydrogen) atoms. The molecule has 1 heterocycles. The molecule has 1 atom stereocenters. The van der Waals surface area contributed by atoms with E-state index in [1.807, 2.05) is 11.8 Å². The molecule has 0 aliphatic carbocycles. The molecule has 1 aliphatic heterocycles. The number of rotatable bonds is 5. The summed E-state index contributed by atoms with van der Waals surface area (Å²) in [6, 6.07) is 0. The van der Waals surface area contributed by atoms with E-state index >= 15 is 0 Å². The smallest absolute Gasteiger partial charge is 0.152 e. The fourth-order valence-corrected chi connectivity index (χ4v) is 2.81. The van der Waals surface area contributed by atoms with Crippen LogP contribution in [0.4, 0.5) is 0 Å². The fraction of sp³-hybridized carbons (Fsp3) is 1.00. The zero-order valence-corrected chi connectivity index (χ0v) is 9.87. The summed E-state index contributed by atoms with van der Waals surface area (Å²) in [6.45, 7) is 4.32. The average molecular weight is 237 g/mol. The first-order valence-corrected chi connectivity index (χ1v) is 7.04. The molecule has 1 aliphatic rings. The van der Waals surface area contributed by atoms with Gasteiger partial charge in [0, 0.05) is 26.2 Å². The van der Waals surface area contributed by atoms with Crippen molar-refractivity contribution in [1.29, 1.82) is 0 Å². The zero-order valence-electron chi connectivity index (χ0n) is 9.05. The minimum Gasteiger partial charge on any atom is -0.389 e. The third-order valence-electron chi connectivity index (χ3n) is 2.42. The molecule has 1 saturated heterocycles. The van der Waals surface area contributed by atoms with Gasteiger partial charge in [-0.3, -0.25) is 4.90 Å². The molecule has 0 aromatic rings. The van der Waals surface area contributed by atoms with Crippen LogP contribution in [0.1, 0.15) is 6.92 Å². The standard InChI is InChI=1S/C9H19NO4S/c1-2-14-8-9(11)7-10-3-5-15(12,13)6-4-10/h9,11H,2-8H2,1H3. The predicted octanol–water partition coefficient (Wildman–Crippen LogP) is -0.886. The second kappa shape index (κ2) is 5.79. The molecule has 1 unspecified atom stereocenters. The van der Waals surface area contributed by atoms with Gasteiger partial charge < -0.3 is 9.84 Å². The predicted molar refractivity (Wildman–Crippen MR) is 57.6 cm³/mol. The van der Waals surface area contributed by atoms with E-state index in [2.05, 4.69) is 0 Å². The highest BCUT2D eigenvalue weighted by molar-refractivity contribution is 7.91. The molecule has 6 heteroatoms. The fourth-order valence-electron chi connectivity index (χ4n) is 1.54. The molecule has 0 saturated carbocycles. The van der Waals surface area contributed by atoms with Gasteiger partial charge >= 0.3 is 0 Å². The molecule has 0 bridgehead atoms. The number of hydrogen-bond acceptors (Lipinski definition) is 5. The Morgan fingerprint density at radius 2 is 2.00 bits per heavy atom. The van der Waals surface area contributed by atoms with Gasteiger partial charge in [-0.2, -0.15) is 0 Å². The van der Waals surface area contributed by atoms with E-state index in [-0.39, 0.29) is 11.5 Å². The summed E-state index contributed by atoms with van der Waals surface area (Å²) < 4.78 is 27.4. The number of aliphatic hydroxyl groups excluding tert-OH is 1. The Morgan fingerprint density at radius 1 is 1.40 bits per heavy atom. The summed E-state index contributed by atoms with van der Waals surface area (Å²) in [7, 11) is -2.82. The van der Waals surface area contributed by atoms with E-state index in [0.29, 0.717) is 32.8 Å². The molecule has 1 rings (SSSR count). The van der Waals surface area contributed by atoms with Crippen molar-refractivity contribution < 1.29 is 18.3 Å². The Morgan fingerprint density at radius 3 is 2.53 bits per heavy atom. The van der Waals surface area contributed by atoms with Crippen LogP contribution >= 0.6 is 0 Å². The van der Waals surface area contributed by atoms with Gasteiger partial charge in [0.15, 0.2) is 9.84 Å². The van der Waals surface area contributed by atoms with Crippen LogP contribution in [0.5, 0.6) is 0 Å². The minimum absolute atomic E-state index is 0.203. The van der Waals surface area contributed by atoms with Gasteiger partial charge in [-0.05, 0) is 6.92 Å². The maximum absolute atomic E-state index is 11.1. The van der Waals surface area contributed by atoms with Gasteiger partial charge in [0.2, 0.25) is 0 Å². The van der Waals surface area contributed by atoms with Crippen LogP contribution in [-0.4, -0.2) is 68.9 Å². The molecule has 90 valence electrons. The molecule has 1 fully saturated rings. The van der Waals surface area contributed by atoms with Crippen LogP contribution in [-0.2, 0) is 14.6 Å². The highest BCUT2D eigenvalue weighted by atomic mass is 32.2. The number of ether oxygens (including phenoxy) is 1. The number of β-amino-alcohol motifs (C(OH)–C–C–N with tert-alkyl or cyclic N) is 1. The van der Waals surface area contributed by atoms with Crippen molar-refractivity contribution in [3.63, 3.8) is 0 Å². The van der Waals surface area contributed by atoms with Gasteiger partial charge in [-0.15, -0.1) is 0 Å². The third-order valence-corrected chi connectivity index (χ3v) is 4.03. The lowest BCUT2D eigenvalue weighted by atomic mass is 10.3. The topological polar surface area (TPSA) is 66.8 Å². The van der Waals surface area contributed by atoms with Crippen LogP contribution < -0.4 is 0 Å². The van der Waals surface area contributed by atoms with Crippen molar-refractivity contribution in [1.82, 2.24) is 4.90 Å². The molecular formula is C9H19NO4S. The third kappa shape index (κ3) is 4.92. The first kappa shape index (κ1) is 12.9. The second-order valence-electron chi connectivity index (χ2n) is 3.77. The van der Waals surface area contributed by atoms with Crippen molar-refractivity contribution >= 4 is 9.84 Å². The van der Waals surface area contributed by atoms with Crippen LogP contribution in [0.3, 0.4) is 0 Å². The van der Waals surface area contributed by atoms with Crippen LogP contribution in [0.2, 0.25) is 0 Å². The molecule has 0 amide bonds. The molecule has 0 aromatic heterocycles. The normalized spacial score (nSPS) is 23.9. The van der Waals surface area contributed by atoms with Gasteiger partial charge in [0.05, 0.1) is 24.2 Å². The van der Waals surface area contributed by atoms with Crippen molar-refractivity contribution in [2.45, 2.75) is 13.0 Å². The summed E-state index contributed by atoms with van der Waals surface area (Å²) in [4.78, 5) is 1.96. The van der Waals surface area contributed by atoms with Crippen molar-refractivity contribution in [3.8, 4) is 0 Å². The van der Waals surface area contributed by atoms with Gasteiger partial charge in [0.25, 0.3) is 0 Å². The molecule has 0 aromatic carbocycles. The summed E-state index contributed by atoms with van der Waals surface area (Å²) >= 11 is 0. The lowest BCUT2D eigenvalue weighted by molar-refractivity contribution is 0.0226. The lowest BCUT2D eigenvalue weighted by Crippen LogP contribution is -2.44. The highest BCUT2D eigenvalue weighted by Gasteiger charge is 2.22. The van der Waals surface area contributed by atoms with E-state index in [4.69, 9.17) is 4.74 Å². The SMILES string of the molecule is CCOCC(O)CN1CCS(=O)(=O)CC1. The van der Waals surface area contributed by atoms with E-state index in [1.165, 1.54) is 0 Å². The van der Waals surface area contributed by atoms with E-state index < -0.39 is 15.9 Å². The van der Waals surface area contributed by atoms with Crippen LogP contribution in [0.15, 0.2) is 0 Å². The van der Waals surface area contributed by atoms with Gasteiger partial charge in [0.1, 0.15) is 0 Å². The van der Waals surface area contributed by atoms with Gasteiger partial charge in [-0.25, -0.2) is 8.42 Å². The lowest BCUT2D eigenvalue weighted by Gasteiger charge is -2.28. The number of aliphatic hydroxyl groups is 1. The molecule has 0 spiro atoms. The van der Waals surface area contributed by atoms with Crippen molar-refractivity contribution in [3.05, 3.63) is 0 Å². The van der Waals surface area contributed by atoms with E-state index in [0.717, 1.165) is 0 Å². The monoisotopic (exact) mass is 237 g/mol.